The van der Waals surface area contributed by atoms with E-state index in [1.54, 1.807) is 6.92 Å². The molecule has 0 bridgehead atoms. The fourth-order valence-electron chi connectivity index (χ4n) is 1.14. The summed E-state index contributed by atoms with van der Waals surface area (Å²) in [6, 6.07) is 4.79. The highest BCUT2D eigenvalue weighted by molar-refractivity contribution is 5.97. The van der Waals surface area contributed by atoms with Gasteiger partial charge in [0, 0.05) is 11.1 Å². The number of nitriles is 1. The first-order chi connectivity index (χ1) is 6.07. The van der Waals surface area contributed by atoms with Gasteiger partial charge in [-0.2, -0.15) is 5.26 Å². The van der Waals surface area contributed by atoms with Crippen LogP contribution in [0.1, 0.15) is 28.4 Å². The molecule has 3 nitrogen and oxygen atoms in total. The molecule has 0 aromatic heterocycles. The van der Waals surface area contributed by atoms with Crippen LogP contribution in [-0.4, -0.2) is 10.9 Å². The van der Waals surface area contributed by atoms with E-state index in [1.165, 1.54) is 19.1 Å². The van der Waals surface area contributed by atoms with Crippen LogP contribution in [0.2, 0.25) is 0 Å². The maximum Gasteiger partial charge on any atom is 0.161 e. The van der Waals surface area contributed by atoms with Crippen LogP contribution < -0.4 is 0 Å². The third kappa shape index (κ3) is 1.52. The van der Waals surface area contributed by atoms with Gasteiger partial charge in [-0.05, 0) is 26.0 Å². The second-order valence-corrected chi connectivity index (χ2v) is 2.80. The molecule has 3 heteroatoms. The van der Waals surface area contributed by atoms with Crippen molar-refractivity contribution < 1.29 is 9.90 Å². The summed E-state index contributed by atoms with van der Waals surface area (Å²) in [5, 5.41) is 18.0. The van der Waals surface area contributed by atoms with Crippen molar-refractivity contribution in [2.75, 3.05) is 0 Å². The van der Waals surface area contributed by atoms with Crippen LogP contribution in [0, 0.1) is 18.3 Å². The molecular formula is C10H9NO2. The second-order valence-electron chi connectivity index (χ2n) is 2.80. The van der Waals surface area contributed by atoms with E-state index in [0.29, 0.717) is 11.1 Å². The minimum atomic E-state index is -0.167. The fourth-order valence-corrected chi connectivity index (χ4v) is 1.14. The van der Waals surface area contributed by atoms with E-state index < -0.39 is 0 Å². The molecule has 0 atom stereocenters. The SMILES string of the molecule is CC(=O)c1ccc(O)c(C)c1C#N. The Labute approximate surface area is 76.2 Å². The molecule has 0 radical (unpaired) electrons. The van der Waals surface area contributed by atoms with Crippen molar-refractivity contribution in [1.82, 2.24) is 0 Å². The number of rotatable bonds is 1. The highest BCUT2D eigenvalue weighted by Gasteiger charge is 2.11. The Hall–Kier alpha value is -1.82. The van der Waals surface area contributed by atoms with E-state index in [1.807, 2.05) is 6.07 Å². The largest absolute Gasteiger partial charge is 0.508 e. The predicted octanol–water partition coefficient (Wildman–Crippen LogP) is 1.77. The van der Waals surface area contributed by atoms with Gasteiger partial charge in [0.15, 0.2) is 5.78 Å². The van der Waals surface area contributed by atoms with Crippen molar-refractivity contribution >= 4 is 5.78 Å². The van der Waals surface area contributed by atoms with E-state index in [0.717, 1.165) is 0 Å². The molecule has 1 rings (SSSR count). The minimum absolute atomic E-state index is 0.0431. The van der Waals surface area contributed by atoms with Crippen molar-refractivity contribution in [3.05, 3.63) is 28.8 Å². The Morgan fingerprint density at radius 3 is 2.62 bits per heavy atom. The van der Waals surface area contributed by atoms with Gasteiger partial charge in [0.25, 0.3) is 0 Å². The number of phenols is 1. The number of benzene rings is 1. The standard InChI is InChI=1S/C10H9NO2/c1-6-9(5-11)8(7(2)12)3-4-10(6)13/h3-4,13H,1-2H3. The Balaban J connectivity index is 3.50. The average Bonchev–Trinajstić information content (AvgIpc) is 2.09. The lowest BCUT2D eigenvalue weighted by Gasteiger charge is -2.04. The summed E-state index contributed by atoms with van der Waals surface area (Å²) < 4.78 is 0. The molecule has 1 aromatic rings. The normalized spacial score (nSPS) is 9.31. The summed E-state index contributed by atoms with van der Waals surface area (Å²) in [5.74, 6) is -0.124. The van der Waals surface area contributed by atoms with Crippen LogP contribution >= 0.6 is 0 Å². The number of nitrogens with zero attached hydrogens (tertiary/aromatic N) is 1. The van der Waals surface area contributed by atoms with Crippen LogP contribution in [0.25, 0.3) is 0 Å². The summed E-state index contributed by atoms with van der Waals surface area (Å²) in [7, 11) is 0. The van der Waals surface area contributed by atoms with Gasteiger partial charge < -0.3 is 5.11 Å². The number of hydrogen-bond donors (Lipinski definition) is 1. The monoisotopic (exact) mass is 175 g/mol. The van der Waals surface area contributed by atoms with E-state index in [-0.39, 0.29) is 17.1 Å². The summed E-state index contributed by atoms with van der Waals surface area (Å²) in [6.45, 7) is 3.01. The number of ketones is 1. The third-order valence-corrected chi connectivity index (χ3v) is 1.93. The Kier molecular flexibility index (Phi) is 2.34. The second kappa shape index (κ2) is 3.28. The van der Waals surface area contributed by atoms with Gasteiger partial charge in [0.1, 0.15) is 11.8 Å². The van der Waals surface area contributed by atoms with Gasteiger partial charge in [0.2, 0.25) is 0 Å². The highest BCUT2D eigenvalue weighted by atomic mass is 16.3. The summed E-state index contributed by atoms with van der Waals surface area (Å²) in [6.07, 6.45) is 0. The molecule has 0 spiro atoms. The van der Waals surface area contributed by atoms with E-state index in [9.17, 15) is 9.90 Å². The lowest BCUT2D eigenvalue weighted by atomic mass is 10.00. The topological polar surface area (TPSA) is 61.1 Å². The minimum Gasteiger partial charge on any atom is -0.508 e. The lowest BCUT2D eigenvalue weighted by molar-refractivity contribution is 0.101. The van der Waals surface area contributed by atoms with Crippen molar-refractivity contribution in [2.45, 2.75) is 13.8 Å². The molecule has 0 unspecified atom stereocenters. The van der Waals surface area contributed by atoms with Gasteiger partial charge in [-0.3, -0.25) is 4.79 Å². The first kappa shape index (κ1) is 9.27. The number of hydrogen-bond acceptors (Lipinski definition) is 3. The number of carbonyl (C=O) groups is 1. The summed E-state index contributed by atoms with van der Waals surface area (Å²) >= 11 is 0. The molecule has 0 amide bonds. The summed E-state index contributed by atoms with van der Waals surface area (Å²) in [5.41, 5.74) is 1.07. The van der Waals surface area contributed by atoms with Crippen molar-refractivity contribution in [3.8, 4) is 11.8 Å². The summed E-state index contributed by atoms with van der Waals surface area (Å²) in [4.78, 5) is 11.1. The fraction of sp³-hybridized carbons (Fsp3) is 0.200. The molecule has 66 valence electrons. The van der Waals surface area contributed by atoms with Gasteiger partial charge in [-0.1, -0.05) is 0 Å². The molecule has 1 aromatic carbocycles. The molecule has 0 aliphatic carbocycles. The van der Waals surface area contributed by atoms with Crippen LogP contribution in [0.5, 0.6) is 5.75 Å². The number of carbonyl (C=O) groups excluding carboxylic acids is 1. The Morgan fingerprint density at radius 1 is 1.54 bits per heavy atom. The first-order valence-corrected chi connectivity index (χ1v) is 3.81. The van der Waals surface area contributed by atoms with Gasteiger partial charge in [-0.25, -0.2) is 0 Å². The van der Waals surface area contributed by atoms with E-state index >= 15 is 0 Å². The quantitative estimate of drug-likeness (QED) is 0.661. The zero-order chi connectivity index (χ0) is 10.0. The zero-order valence-corrected chi connectivity index (χ0v) is 7.46. The van der Waals surface area contributed by atoms with Crippen LogP contribution in [-0.2, 0) is 0 Å². The number of aromatic hydroxyl groups is 1. The molecule has 0 aliphatic rings. The predicted molar refractivity (Wildman–Crippen MR) is 47.6 cm³/mol. The molecule has 13 heavy (non-hydrogen) atoms. The molecule has 0 fully saturated rings. The third-order valence-electron chi connectivity index (χ3n) is 1.93. The Bertz CT molecular complexity index is 402. The maximum absolute atomic E-state index is 11.1. The maximum atomic E-state index is 11.1. The molecule has 1 N–H and O–H groups in total. The van der Waals surface area contributed by atoms with E-state index in [4.69, 9.17) is 5.26 Å². The molecule has 0 saturated heterocycles. The highest BCUT2D eigenvalue weighted by Crippen LogP contribution is 2.22. The number of Topliss-reactive ketones (excluding diaryl/α,β-unsaturated/α-hetero) is 1. The smallest absolute Gasteiger partial charge is 0.161 e. The van der Waals surface area contributed by atoms with Crippen LogP contribution in [0.15, 0.2) is 12.1 Å². The van der Waals surface area contributed by atoms with Gasteiger partial charge in [0.05, 0.1) is 5.56 Å². The first-order valence-electron chi connectivity index (χ1n) is 3.81. The van der Waals surface area contributed by atoms with Crippen molar-refractivity contribution in [1.29, 1.82) is 5.26 Å². The zero-order valence-electron chi connectivity index (χ0n) is 7.46. The molecular weight excluding hydrogens is 166 g/mol. The van der Waals surface area contributed by atoms with Crippen molar-refractivity contribution in [2.24, 2.45) is 0 Å². The van der Waals surface area contributed by atoms with Gasteiger partial charge >= 0.3 is 0 Å². The molecule has 0 heterocycles. The van der Waals surface area contributed by atoms with E-state index in [2.05, 4.69) is 0 Å². The average molecular weight is 175 g/mol. The van der Waals surface area contributed by atoms with Crippen LogP contribution in [0.4, 0.5) is 0 Å². The lowest BCUT2D eigenvalue weighted by Crippen LogP contribution is -1.98. The Morgan fingerprint density at radius 2 is 2.15 bits per heavy atom. The van der Waals surface area contributed by atoms with Crippen LogP contribution in [0.3, 0.4) is 0 Å². The van der Waals surface area contributed by atoms with Crippen molar-refractivity contribution in [3.63, 3.8) is 0 Å². The van der Waals surface area contributed by atoms with Gasteiger partial charge in [-0.15, -0.1) is 0 Å². The molecule has 0 aliphatic heterocycles. The number of phenolic OH excluding ortho intramolecular Hbond substituents is 1. The molecule has 0 saturated carbocycles.